The number of nitrogens with one attached hydrogen (secondary N) is 2. The molecular weight excluding hydrogens is 426 g/mol. The number of rotatable bonds is 6. The van der Waals surface area contributed by atoms with Crippen LogP contribution in [0.2, 0.25) is 0 Å². The third kappa shape index (κ3) is 6.08. The van der Waals surface area contributed by atoms with Crippen molar-refractivity contribution in [1.82, 2.24) is 24.9 Å². The molecule has 3 aromatic heterocycles. The van der Waals surface area contributed by atoms with Gasteiger partial charge in [0.25, 0.3) is 11.8 Å². The molecule has 3 heterocycles. The Kier molecular flexibility index (Phi) is 6.03. The average molecular weight is 449 g/mol. The van der Waals surface area contributed by atoms with Gasteiger partial charge in [0.05, 0.1) is 0 Å². The van der Waals surface area contributed by atoms with Crippen molar-refractivity contribution < 1.29 is 17.6 Å². The molecule has 32 heavy (non-hydrogen) atoms. The van der Waals surface area contributed by atoms with E-state index in [9.17, 15) is 17.6 Å². The summed E-state index contributed by atoms with van der Waals surface area (Å²) >= 11 is 0. The van der Waals surface area contributed by atoms with E-state index in [0.717, 1.165) is 13.8 Å². The summed E-state index contributed by atoms with van der Waals surface area (Å²) in [5.41, 5.74) is -0.891. The van der Waals surface area contributed by atoms with Crippen molar-refractivity contribution in [2.24, 2.45) is 0 Å². The number of aromatic nitrogens is 5. The van der Waals surface area contributed by atoms with E-state index < -0.39 is 28.8 Å². The second kappa shape index (κ2) is 8.29. The van der Waals surface area contributed by atoms with E-state index in [0.29, 0.717) is 0 Å². The van der Waals surface area contributed by atoms with Crippen LogP contribution < -0.4 is 10.6 Å². The summed E-state index contributed by atoms with van der Waals surface area (Å²) in [6.45, 7) is 7.15. The second-order valence-electron chi connectivity index (χ2n) is 8.42. The maximum Gasteiger partial charge on any atom is 0.287 e. The van der Waals surface area contributed by atoms with Crippen molar-refractivity contribution in [2.45, 2.75) is 52.0 Å². The van der Waals surface area contributed by atoms with Gasteiger partial charge in [-0.05, 0) is 45.0 Å². The average Bonchev–Trinajstić information content (AvgIpc) is 2.65. The van der Waals surface area contributed by atoms with Crippen LogP contribution in [0.15, 0.2) is 36.5 Å². The molecule has 0 fully saturated rings. The molecular formula is C21H23F4N7. The Balaban J connectivity index is 2.05. The second-order valence-corrected chi connectivity index (χ2v) is 8.42. The molecule has 0 saturated heterocycles. The number of nitrogens with zero attached hydrogens (tertiary/aromatic N) is 5. The Hall–Kier alpha value is -3.37. The molecule has 3 rings (SSSR count). The molecule has 0 unspecified atom stereocenters. The van der Waals surface area contributed by atoms with Crippen LogP contribution >= 0.6 is 0 Å². The van der Waals surface area contributed by atoms with E-state index in [-0.39, 0.29) is 29.1 Å². The highest BCUT2D eigenvalue weighted by molar-refractivity contribution is 5.59. The predicted octanol–water partition coefficient (Wildman–Crippen LogP) is 5.51. The van der Waals surface area contributed by atoms with Crippen LogP contribution in [0.5, 0.6) is 0 Å². The molecule has 0 aliphatic rings. The summed E-state index contributed by atoms with van der Waals surface area (Å²) in [6, 6.07) is 6.79. The molecule has 0 spiro atoms. The zero-order chi connectivity index (χ0) is 23.7. The van der Waals surface area contributed by atoms with Gasteiger partial charge in [-0.15, -0.1) is 0 Å². The van der Waals surface area contributed by atoms with Crippen LogP contribution in [0.25, 0.3) is 11.5 Å². The van der Waals surface area contributed by atoms with Gasteiger partial charge in [-0.1, -0.05) is 6.07 Å². The molecule has 2 N–H and O–H groups in total. The number of pyridine rings is 2. The monoisotopic (exact) mass is 449 g/mol. The van der Waals surface area contributed by atoms with Gasteiger partial charge in [0.1, 0.15) is 17.1 Å². The van der Waals surface area contributed by atoms with Crippen LogP contribution in [-0.4, -0.2) is 30.5 Å². The first kappa shape index (κ1) is 23.3. The first-order chi connectivity index (χ1) is 14.7. The molecule has 3 aromatic rings. The van der Waals surface area contributed by atoms with Gasteiger partial charge in [0.2, 0.25) is 11.9 Å². The molecule has 0 aliphatic carbocycles. The lowest BCUT2D eigenvalue weighted by Gasteiger charge is -2.21. The van der Waals surface area contributed by atoms with Crippen LogP contribution in [0.4, 0.5) is 35.1 Å². The summed E-state index contributed by atoms with van der Waals surface area (Å²) in [4.78, 5) is 20.5. The SMILES string of the molecule is CC(C)(C)Nc1nc(Nc2ccnc(C(C)(F)F)c2)nc(-c2cccc(C(C)(F)F)n2)n1. The topological polar surface area (TPSA) is 88.5 Å². The molecule has 0 saturated carbocycles. The maximum absolute atomic E-state index is 13.7. The first-order valence-corrected chi connectivity index (χ1v) is 9.72. The Labute approximate surface area is 182 Å². The number of anilines is 3. The van der Waals surface area contributed by atoms with Crippen LogP contribution in [0, 0.1) is 0 Å². The molecule has 0 radical (unpaired) electrons. The van der Waals surface area contributed by atoms with Gasteiger partial charge < -0.3 is 10.6 Å². The minimum Gasteiger partial charge on any atom is -0.349 e. The smallest absolute Gasteiger partial charge is 0.287 e. The largest absolute Gasteiger partial charge is 0.349 e. The molecule has 0 atom stereocenters. The number of alkyl halides is 4. The van der Waals surface area contributed by atoms with Gasteiger partial charge in [-0.2, -0.15) is 32.5 Å². The Morgan fingerprint density at radius 3 is 2.03 bits per heavy atom. The molecule has 0 bridgehead atoms. The Morgan fingerprint density at radius 2 is 1.41 bits per heavy atom. The normalized spacial score (nSPS) is 12.5. The maximum atomic E-state index is 13.7. The lowest BCUT2D eigenvalue weighted by atomic mass is 10.1. The Morgan fingerprint density at radius 1 is 0.750 bits per heavy atom. The van der Waals surface area contributed by atoms with E-state index in [1.54, 1.807) is 0 Å². The van der Waals surface area contributed by atoms with Crippen molar-refractivity contribution in [2.75, 3.05) is 10.6 Å². The zero-order valence-electron chi connectivity index (χ0n) is 18.2. The van der Waals surface area contributed by atoms with Gasteiger partial charge in [-0.25, -0.2) is 4.98 Å². The van der Waals surface area contributed by atoms with E-state index >= 15 is 0 Å². The van der Waals surface area contributed by atoms with E-state index in [4.69, 9.17) is 0 Å². The van der Waals surface area contributed by atoms with Crippen LogP contribution in [0.3, 0.4) is 0 Å². The minimum atomic E-state index is -3.14. The number of hydrogen-bond donors (Lipinski definition) is 2. The summed E-state index contributed by atoms with van der Waals surface area (Å²) in [6.07, 6.45) is 1.24. The molecule has 0 aliphatic heterocycles. The highest BCUT2D eigenvalue weighted by Crippen LogP contribution is 2.29. The van der Waals surface area contributed by atoms with Gasteiger partial charge in [0, 0.05) is 31.3 Å². The molecule has 0 amide bonds. The summed E-state index contributed by atoms with van der Waals surface area (Å²) in [7, 11) is 0. The fourth-order valence-corrected chi connectivity index (χ4v) is 2.62. The van der Waals surface area contributed by atoms with E-state index in [1.807, 2.05) is 20.8 Å². The van der Waals surface area contributed by atoms with Crippen molar-refractivity contribution in [3.8, 4) is 11.5 Å². The highest BCUT2D eigenvalue weighted by Gasteiger charge is 2.28. The third-order valence-electron chi connectivity index (χ3n) is 4.02. The molecule has 170 valence electrons. The number of halogens is 4. The fourth-order valence-electron chi connectivity index (χ4n) is 2.62. The van der Waals surface area contributed by atoms with Crippen LogP contribution in [0.1, 0.15) is 46.0 Å². The summed E-state index contributed by atoms with van der Waals surface area (Å²) in [5.74, 6) is -6.05. The van der Waals surface area contributed by atoms with Crippen molar-refractivity contribution >= 4 is 17.6 Å². The molecule has 7 nitrogen and oxygen atoms in total. The first-order valence-electron chi connectivity index (χ1n) is 9.72. The standard InChI is InChI=1S/C21H23F4N7/c1-19(2,3)32-18-30-16(13-7-6-8-14(28-13)20(4,22)23)29-17(31-18)27-12-9-10-26-15(11-12)21(5,24)25/h6-11H,1-5H3,(H2,26,27,29,30,31,32). The predicted molar refractivity (Wildman–Crippen MR) is 113 cm³/mol. The fraction of sp³-hybridized carbons (Fsp3) is 0.381. The highest BCUT2D eigenvalue weighted by atomic mass is 19.3. The van der Waals surface area contributed by atoms with Gasteiger partial charge in [-0.3, -0.25) is 4.98 Å². The molecule has 0 aromatic carbocycles. The van der Waals surface area contributed by atoms with E-state index in [1.165, 1.54) is 36.5 Å². The Bertz CT molecular complexity index is 1100. The third-order valence-corrected chi connectivity index (χ3v) is 4.02. The summed E-state index contributed by atoms with van der Waals surface area (Å²) < 4.78 is 54.8. The van der Waals surface area contributed by atoms with E-state index in [2.05, 4.69) is 35.6 Å². The lowest BCUT2D eigenvalue weighted by Crippen LogP contribution is -2.27. The number of hydrogen-bond acceptors (Lipinski definition) is 7. The lowest BCUT2D eigenvalue weighted by molar-refractivity contribution is 0.0122. The zero-order valence-corrected chi connectivity index (χ0v) is 18.2. The summed E-state index contributed by atoms with van der Waals surface area (Å²) in [5, 5.41) is 5.93. The quantitative estimate of drug-likeness (QED) is 0.480. The van der Waals surface area contributed by atoms with Crippen molar-refractivity contribution in [3.63, 3.8) is 0 Å². The van der Waals surface area contributed by atoms with Crippen molar-refractivity contribution in [3.05, 3.63) is 47.9 Å². The molecule has 11 heteroatoms. The van der Waals surface area contributed by atoms with Crippen LogP contribution in [-0.2, 0) is 11.8 Å². The van der Waals surface area contributed by atoms with Gasteiger partial charge >= 0.3 is 0 Å². The van der Waals surface area contributed by atoms with Gasteiger partial charge in [0.15, 0.2) is 5.82 Å². The van der Waals surface area contributed by atoms with Crippen molar-refractivity contribution in [1.29, 1.82) is 0 Å². The minimum absolute atomic E-state index is 0.0220.